The van der Waals surface area contributed by atoms with Crippen molar-refractivity contribution in [3.8, 4) is 17.0 Å². The first-order chi connectivity index (χ1) is 13.2. The van der Waals surface area contributed by atoms with Gasteiger partial charge in [0.2, 0.25) is 0 Å². The van der Waals surface area contributed by atoms with Crippen LogP contribution in [0, 0.1) is 0 Å². The van der Waals surface area contributed by atoms with Gasteiger partial charge in [-0.15, -0.1) is 0 Å². The maximum atomic E-state index is 9.61. The Balaban J connectivity index is 1.94. The molecule has 2 aromatic carbocycles. The Labute approximate surface area is 154 Å². The van der Waals surface area contributed by atoms with Crippen molar-refractivity contribution in [3.05, 3.63) is 71.1 Å². The number of nitrogens with two attached hydrogens (primary N) is 1. The summed E-state index contributed by atoms with van der Waals surface area (Å²) in [4.78, 5) is 12.3. The Kier molecular flexibility index (Phi) is 3.43. The summed E-state index contributed by atoms with van der Waals surface area (Å²) < 4.78 is 5.73. The van der Waals surface area contributed by atoms with Gasteiger partial charge in [-0.05, 0) is 23.8 Å². The van der Waals surface area contributed by atoms with Gasteiger partial charge in [0.05, 0.1) is 23.3 Å². The van der Waals surface area contributed by atoms with Crippen LogP contribution in [-0.4, -0.2) is 22.5 Å². The molecule has 5 rings (SSSR count). The molecular weight excluding hydrogens is 338 g/mol. The van der Waals surface area contributed by atoms with E-state index in [1.165, 1.54) is 5.56 Å². The summed E-state index contributed by atoms with van der Waals surface area (Å²) in [5.41, 5.74) is 10.0. The number of fused-ring (bicyclic) bond motifs is 3. The second kappa shape index (κ2) is 5.95. The third kappa shape index (κ3) is 2.54. The molecule has 0 saturated carbocycles. The number of ether oxygens (including phenoxy) is 1. The van der Waals surface area contributed by atoms with E-state index >= 15 is 0 Å². The molecule has 27 heavy (non-hydrogen) atoms. The van der Waals surface area contributed by atoms with Crippen molar-refractivity contribution in [1.82, 2.24) is 9.97 Å². The van der Waals surface area contributed by atoms with E-state index in [1.54, 1.807) is 0 Å². The van der Waals surface area contributed by atoms with Crippen molar-refractivity contribution in [2.24, 2.45) is 10.7 Å². The van der Waals surface area contributed by atoms with E-state index in [9.17, 15) is 5.41 Å². The Morgan fingerprint density at radius 2 is 2.04 bits per heavy atom. The quantitative estimate of drug-likeness (QED) is 0.406. The van der Waals surface area contributed by atoms with Gasteiger partial charge in [-0.25, -0.2) is 4.98 Å². The second-order valence-corrected chi connectivity index (χ2v) is 6.48. The van der Waals surface area contributed by atoms with Crippen molar-refractivity contribution in [2.45, 2.75) is 6.42 Å². The van der Waals surface area contributed by atoms with E-state index < -0.39 is 5.96 Å². The number of hydrogen-bond acceptors (Lipinski definition) is 2. The van der Waals surface area contributed by atoms with E-state index in [-0.39, 0.29) is 0 Å². The van der Waals surface area contributed by atoms with Crippen LogP contribution in [0.5, 0.6) is 5.75 Å². The van der Waals surface area contributed by atoms with Crippen LogP contribution in [0.2, 0.25) is 0 Å². The smallest absolute Gasteiger partial charge is 0.123 e. The van der Waals surface area contributed by atoms with Crippen molar-refractivity contribution in [2.75, 3.05) is 6.61 Å². The number of hydrogen-bond donors (Lipinski definition) is 2. The molecule has 2 aromatic heterocycles. The van der Waals surface area contributed by atoms with Gasteiger partial charge in [-0.3, -0.25) is 0 Å². The van der Waals surface area contributed by atoms with Crippen LogP contribution in [0.3, 0.4) is 0 Å². The fourth-order valence-electron chi connectivity index (χ4n) is 3.61. The molecule has 3 N–H and O–H groups in total. The minimum atomic E-state index is -0.491. The minimum absolute atomic E-state index is 0.491. The summed E-state index contributed by atoms with van der Waals surface area (Å²) in [6, 6.07) is 15.8. The van der Waals surface area contributed by atoms with E-state index in [0.717, 1.165) is 45.2 Å². The molecule has 6 heteroatoms. The molecule has 0 radical (unpaired) electrons. The van der Waals surface area contributed by atoms with E-state index in [1.807, 2.05) is 42.6 Å². The van der Waals surface area contributed by atoms with Crippen LogP contribution in [0.15, 0.2) is 59.7 Å². The number of guanidine groups is 1. The van der Waals surface area contributed by atoms with Gasteiger partial charge in [-0.2, -0.15) is 0 Å². The molecule has 4 aromatic rings. The molecule has 0 atom stereocenters. The van der Waals surface area contributed by atoms with Crippen LogP contribution in [-0.2, 0) is 6.42 Å². The van der Waals surface area contributed by atoms with Crippen LogP contribution < -0.4 is 15.8 Å². The Bertz CT molecular complexity index is 1290. The van der Waals surface area contributed by atoms with Gasteiger partial charge >= 0.3 is 0 Å². The lowest BCUT2D eigenvalue weighted by Crippen LogP contribution is -2.13. The summed E-state index contributed by atoms with van der Waals surface area (Å²) in [6.45, 7) is 0.714. The lowest BCUT2D eigenvalue weighted by atomic mass is 10.1. The molecule has 6 nitrogen and oxygen atoms in total. The van der Waals surface area contributed by atoms with Crippen molar-refractivity contribution in [3.63, 3.8) is 0 Å². The summed E-state index contributed by atoms with van der Waals surface area (Å²) in [5.74, 6) is 0.418. The van der Waals surface area contributed by atoms with Crippen LogP contribution in [0.4, 0.5) is 0 Å². The predicted molar refractivity (Wildman–Crippen MR) is 106 cm³/mol. The highest BCUT2D eigenvalue weighted by Crippen LogP contribution is 2.33. The van der Waals surface area contributed by atoms with Crippen molar-refractivity contribution >= 4 is 27.8 Å². The highest BCUT2D eigenvalue weighted by atomic mass is 16.5. The number of nitrogens with zero attached hydrogens (tertiary/aromatic N) is 3. The molecule has 0 fully saturated rings. The summed E-state index contributed by atoms with van der Waals surface area (Å²) in [7, 11) is 0. The molecule has 0 saturated heterocycles. The van der Waals surface area contributed by atoms with Gasteiger partial charge in [0, 0.05) is 40.3 Å². The molecule has 0 spiro atoms. The average molecular weight is 354 g/mol. The van der Waals surface area contributed by atoms with E-state index in [0.29, 0.717) is 12.0 Å². The molecule has 1 aliphatic heterocycles. The number of aromatic nitrogens is 2. The number of rotatable bonds is 1. The molecule has 0 aliphatic carbocycles. The first-order valence-corrected chi connectivity index (χ1v) is 8.73. The third-order valence-electron chi connectivity index (χ3n) is 4.83. The minimum Gasteiger partial charge on any atom is -0.493 e. The number of benzene rings is 2. The maximum Gasteiger partial charge on any atom is 0.123 e. The summed E-state index contributed by atoms with van der Waals surface area (Å²) >= 11 is 0. The van der Waals surface area contributed by atoms with Gasteiger partial charge in [0.1, 0.15) is 5.75 Å². The van der Waals surface area contributed by atoms with Crippen molar-refractivity contribution < 1.29 is 4.74 Å². The topological polar surface area (TPSA) is 98.6 Å². The largest absolute Gasteiger partial charge is 0.493 e. The number of nitrogens with one attached hydrogen (secondary N) is 1. The van der Waals surface area contributed by atoms with E-state index in [4.69, 9.17) is 15.5 Å². The monoisotopic (exact) mass is 354 g/mol. The van der Waals surface area contributed by atoms with E-state index in [2.05, 4.69) is 22.1 Å². The van der Waals surface area contributed by atoms with Gasteiger partial charge < -0.3 is 25.9 Å². The number of para-hydroxylation sites is 1. The zero-order valence-corrected chi connectivity index (χ0v) is 14.4. The lowest BCUT2D eigenvalue weighted by Gasteiger charge is -2.04. The fraction of sp³-hybridized carbons (Fsp3) is 0.0952. The van der Waals surface area contributed by atoms with Gasteiger partial charge in [0.15, 0.2) is 0 Å². The number of H-pyrrole nitrogens is 1. The van der Waals surface area contributed by atoms with Crippen LogP contribution >= 0.6 is 0 Å². The summed E-state index contributed by atoms with van der Waals surface area (Å²) in [6.07, 6.45) is 2.77. The highest BCUT2D eigenvalue weighted by molar-refractivity contribution is 5.99. The SMILES string of the molecule is [N-]=C(N)/N=c1/c2ccccc2nc(-c2ccc3c(c2)OCC3)c2cc[nH]c12. The zero-order chi connectivity index (χ0) is 18.4. The van der Waals surface area contributed by atoms with Gasteiger partial charge in [0.25, 0.3) is 0 Å². The highest BCUT2D eigenvalue weighted by Gasteiger charge is 2.15. The molecule has 3 heterocycles. The Morgan fingerprint density at radius 1 is 1.15 bits per heavy atom. The molecule has 0 amide bonds. The molecule has 1 aliphatic rings. The first-order valence-electron chi connectivity index (χ1n) is 8.73. The van der Waals surface area contributed by atoms with Crippen LogP contribution in [0.25, 0.3) is 38.5 Å². The van der Waals surface area contributed by atoms with Crippen molar-refractivity contribution in [1.29, 1.82) is 0 Å². The summed E-state index contributed by atoms with van der Waals surface area (Å²) in [5, 5.41) is 11.9. The van der Waals surface area contributed by atoms with Crippen LogP contribution in [0.1, 0.15) is 5.56 Å². The lowest BCUT2D eigenvalue weighted by molar-refractivity contribution is 0.357. The fourth-order valence-corrected chi connectivity index (χ4v) is 3.61. The molecular formula is C21H16N5O-. The maximum absolute atomic E-state index is 9.61. The standard InChI is InChI=1S/C21H16N5O/c22-21(23)26-20-14-3-1-2-4-16(14)25-18(15-7-9-24-19(15)20)13-6-5-12-8-10-27-17(12)11-13/h1-7,9,11,24H,8,10H2,(H2-,22,23)/q-1/b26-20-. The predicted octanol–water partition coefficient (Wildman–Crippen LogP) is 3.10. The van der Waals surface area contributed by atoms with Gasteiger partial charge in [-0.1, -0.05) is 30.3 Å². The Hall–Kier alpha value is -3.67. The first kappa shape index (κ1) is 15.6. The number of aromatic amines is 1. The average Bonchev–Trinajstić information content (AvgIpc) is 3.31. The third-order valence-corrected chi connectivity index (χ3v) is 4.83. The second-order valence-electron chi connectivity index (χ2n) is 6.48. The molecule has 0 bridgehead atoms. The zero-order valence-electron chi connectivity index (χ0n) is 14.4. The normalized spacial score (nSPS) is 13.7. The molecule has 0 unspecified atom stereocenters. The molecule has 132 valence electrons. The Morgan fingerprint density at radius 3 is 2.93 bits per heavy atom.